The van der Waals surface area contributed by atoms with E-state index in [2.05, 4.69) is 25.9 Å². The molecule has 0 unspecified atom stereocenters. The first-order chi connectivity index (χ1) is 9.11. The third-order valence-electron chi connectivity index (χ3n) is 2.63. The number of aromatic hydroxyl groups is 1. The first kappa shape index (κ1) is 14.1. The van der Waals surface area contributed by atoms with Crippen molar-refractivity contribution in [1.82, 2.24) is 9.97 Å². The van der Waals surface area contributed by atoms with Crippen LogP contribution in [0.1, 0.15) is 5.82 Å². The van der Waals surface area contributed by atoms with Gasteiger partial charge in [-0.15, -0.1) is 0 Å². The molecule has 1 aromatic carbocycles. The molecule has 0 spiro atoms. The highest BCUT2D eigenvalue weighted by Crippen LogP contribution is 2.24. The molecule has 100 valence electrons. The molecule has 0 aliphatic heterocycles. The average Bonchev–Trinajstić information content (AvgIpc) is 2.38. The molecule has 1 aromatic heterocycles. The number of thioether (sulfide) groups is 1. The first-order valence-corrected chi connectivity index (χ1v) is 7.87. The molecular formula is C13H13BrN2O2S. The first-order valence-electron chi connectivity index (χ1n) is 5.69. The van der Waals surface area contributed by atoms with Gasteiger partial charge in [0.1, 0.15) is 11.4 Å². The van der Waals surface area contributed by atoms with E-state index in [0.717, 1.165) is 10.2 Å². The predicted molar refractivity (Wildman–Crippen MR) is 81.7 cm³/mol. The second-order valence-corrected chi connectivity index (χ2v) is 5.86. The standard InChI is InChI=1S/C13H13BrN2O2S/c1-19-7-6-10-15-12(17)11(13(18)16-10)8-2-4-9(14)5-3-8/h2-5H,6-7H2,1H3,(H2,15,16,17,18). The van der Waals surface area contributed by atoms with Crippen molar-refractivity contribution < 1.29 is 5.11 Å². The maximum absolute atomic E-state index is 12.0. The number of halogens is 1. The Hall–Kier alpha value is -1.27. The predicted octanol–water partition coefficient (Wildman–Crippen LogP) is 2.81. The van der Waals surface area contributed by atoms with Gasteiger partial charge in [-0.1, -0.05) is 28.1 Å². The number of rotatable bonds is 4. The largest absolute Gasteiger partial charge is 0.493 e. The summed E-state index contributed by atoms with van der Waals surface area (Å²) in [6, 6.07) is 7.15. The van der Waals surface area contributed by atoms with Crippen molar-refractivity contribution in [2.24, 2.45) is 0 Å². The van der Waals surface area contributed by atoms with Gasteiger partial charge in [0, 0.05) is 16.6 Å². The Bertz CT molecular complexity index is 626. The molecule has 1 heterocycles. The van der Waals surface area contributed by atoms with Crippen LogP contribution in [0.15, 0.2) is 33.5 Å². The lowest BCUT2D eigenvalue weighted by molar-refractivity contribution is 0.450. The second kappa shape index (κ2) is 6.25. The third kappa shape index (κ3) is 3.39. The Morgan fingerprint density at radius 2 is 2.05 bits per heavy atom. The minimum atomic E-state index is -0.314. The van der Waals surface area contributed by atoms with Crippen LogP contribution < -0.4 is 5.56 Å². The third-order valence-corrected chi connectivity index (χ3v) is 3.77. The highest BCUT2D eigenvalue weighted by molar-refractivity contribution is 9.10. The summed E-state index contributed by atoms with van der Waals surface area (Å²) >= 11 is 4.99. The van der Waals surface area contributed by atoms with Crippen LogP contribution in [0.3, 0.4) is 0 Å². The quantitative estimate of drug-likeness (QED) is 0.898. The summed E-state index contributed by atoms with van der Waals surface area (Å²) in [7, 11) is 0. The van der Waals surface area contributed by atoms with Gasteiger partial charge in [-0.2, -0.15) is 16.7 Å². The van der Waals surface area contributed by atoms with Crippen LogP contribution in [0.2, 0.25) is 0 Å². The molecule has 0 saturated carbocycles. The summed E-state index contributed by atoms with van der Waals surface area (Å²) < 4.78 is 0.914. The highest BCUT2D eigenvalue weighted by atomic mass is 79.9. The Kier molecular flexibility index (Phi) is 4.66. The highest BCUT2D eigenvalue weighted by Gasteiger charge is 2.12. The van der Waals surface area contributed by atoms with Crippen LogP contribution in [0, 0.1) is 0 Å². The number of hydrogen-bond donors (Lipinski definition) is 2. The molecule has 2 aromatic rings. The number of hydrogen-bond acceptors (Lipinski definition) is 4. The lowest BCUT2D eigenvalue weighted by Crippen LogP contribution is -2.14. The van der Waals surface area contributed by atoms with Gasteiger partial charge in [0.05, 0.1) is 0 Å². The second-order valence-electron chi connectivity index (χ2n) is 3.96. The van der Waals surface area contributed by atoms with Crippen LogP contribution in [0.4, 0.5) is 0 Å². The average molecular weight is 341 g/mol. The molecule has 0 fully saturated rings. The van der Waals surface area contributed by atoms with E-state index in [-0.39, 0.29) is 17.0 Å². The molecule has 0 aliphatic rings. The van der Waals surface area contributed by atoms with E-state index in [1.54, 1.807) is 23.9 Å². The molecule has 19 heavy (non-hydrogen) atoms. The number of aryl methyl sites for hydroxylation is 1. The van der Waals surface area contributed by atoms with Gasteiger partial charge in [0.15, 0.2) is 0 Å². The minimum absolute atomic E-state index is 0.209. The Morgan fingerprint density at radius 3 is 2.63 bits per heavy atom. The Morgan fingerprint density at radius 1 is 1.37 bits per heavy atom. The summed E-state index contributed by atoms with van der Waals surface area (Å²) in [4.78, 5) is 18.8. The maximum Gasteiger partial charge on any atom is 0.262 e. The molecule has 4 nitrogen and oxygen atoms in total. The van der Waals surface area contributed by atoms with Crippen molar-refractivity contribution in [2.45, 2.75) is 6.42 Å². The van der Waals surface area contributed by atoms with Crippen LogP contribution in [0.25, 0.3) is 11.1 Å². The lowest BCUT2D eigenvalue weighted by atomic mass is 10.1. The number of aromatic nitrogens is 2. The fraction of sp³-hybridized carbons (Fsp3) is 0.231. The molecule has 6 heteroatoms. The topological polar surface area (TPSA) is 66.0 Å². The lowest BCUT2D eigenvalue weighted by Gasteiger charge is -2.06. The summed E-state index contributed by atoms with van der Waals surface area (Å²) in [6.07, 6.45) is 2.61. The van der Waals surface area contributed by atoms with Crippen molar-refractivity contribution in [3.63, 3.8) is 0 Å². The summed E-state index contributed by atoms with van der Waals surface area (Å²) in [5, 5.41) is 9.94. The van der Waals surface area contributed by atoms with Crippen LogP contribution in [0.5, 0.6) is 5.88 Å². The Balaban J connectivity index is 2.42. The van der Waals surface area contributed by atoms with Crippen molar-refractivity contribution in [1.29, 1.82) is 0 Å². The number of nitrogens with zero attached hydrogens (tertiary/aromatic N) is 1. The van der Waals surface area contributed by atoms with Gasteiger partial charge in [-0.25, -0.2) is 0 Å². The van der Waals surface area contributed by atoms with Gasteiger partial charge >= 0.3 is 0 Å². The number of nitrogens with one attached hydrogen (secondary N) is 1. The number of H-pyrrole nitrogens is 1. The van der Waals surface area contributed by atoms with Gasteiger partial charge in [-0.05, 0) is 24.0 Å². The van der Waals surface area contributed by atoms with Crippen LogP contribution >= 0.6 is 27.7 Å². The number of aromatic amines is 1. The molecular weight excluding hydrogens is 328 g/mol. The van der Waals surface area contributed by atoms with Gasteiger partial charge in [0.2, 0.25) is 5.88 Å². The van der Waals surface area contributed by atoms with Crippen molar-refractivity contribution in [3.8, 4) is 17.0 Å². The summed E-state index contributed by atoms with van der Waals surface area (Å²) in [5.41, 5.74) is 0.539. The normalized spacial score (nSPS) is 10.6. The summed E-state index contributed by atoms with van der Waals surface area (Å²) in [6.45, 7) is 0. The molecule has 0 amide bonds. The van der Waals surface area contributed by atoms with E-state index in [1.165, 1.54) is 0 Å². The van der Waals surface area contributed by atoms with E-state index in [1.807, 2.05) is 18.4 Å². The molecule has 0 bridgehead atoms. The smallest absolute Gasteiger partial charge is 0.262 e. The van der Waals surface area contributed by atoms with Crippen molar-refractivity contribution in [2.75, 3.05) is 12.0 Å². The van der Waals surface area contributed by atoms with Gasteiger partial charge < -0.3 is 10.1 Å². The zero-order valence-electron chi connectivity index (χ0n) is 10.3. The molecule has 2 rings (SSSR count). The van der Waals surface area contributed by atoms with Gasteiger partial charge in [0.25, 0.3) is 5.56 Å². The SMILES string of the molecule is CSCCc1nc(O)c(-c2ccc(Br)cc2)c(=O)[nH]1. The maximum atomic E-state index is 12.0. The number of benzene rings is 1. The molecule has 0 atom stereocenters. The van der Waals surface area contributed by atoms with Crippen molar-refractivity contribution >= 4 is 27.7 Å². The molecule has 0 radical (unpaired) electrons. The Labute approximate surface area is 123 Å². The molecule has 0 saturated heterocycles. The van der Waals surface area contributed by atoms with E-state index in [4.69, 9.17) is 0 Å². The zero-order valence-corrected chi connectivity index (χ0v) is 12.7. The molecule has 2 N–H and O–H groups in total. The van der Waals surface area contributed by atoms with Crippen LogP contribution in [-0.4, -0.2) is 27.1 Å². The van der Waals surface area contributed by atoms with E-state index < -0.39 is 0 Å². The fourth-order valence-corrected chi connectivity index (χ4v) is 2.36. The van der Waals surface area contributed by atoms with Gasteiger partial charge in [-0.3, -0.25) is 4.79 Å². The summed E-state index contributed by atoms with van der Waals surface area (Å²) in [5.74, 6) is 1.14. The van der Waals surface area contributed by atoms with Crippen molar-refractivity contribution in [3.05, 3.63) is 44.9 Å². The van der Waals surface area contributed by atoms with E-state index in [9.17, 15) is 9.90 Å². The monoisotopic (exact) mass is 340 g/mol. The zero-order chi connectivity index (χ0) is 13.8. The minimum Gasteiger partial charge on any atom is -0.493 e. The van der Waals surface area contributed by atoms with E-state index in [0.29, 0.717) is 17.8 Å². The fourth-order valence-electron chi connectivity index (χ4n) is 1.70. The van der Waals surface area contributed by atoms with Crippen LogP contribution in [-0.2, 0) is 6.42 Å². The molecule has 0 aliphatic carbocycles. The van der Waals surface area contributed by atoms with E-state index >= 15 is 0 Å².